The van der Waals surface area contributed by atoms with E-state index in [4.69, 9.17) is 9.26 Å². The Morgan fingerprint density at radius 1 is 1.47 bits per heavy atom. The fourth-order valence-electron chi connectivity index (χ4n) is 1.72. The van der Waals surface area contributed by atoms with Gasteiger partial charge in [0.1, 0.15) is 0 Å². The van der Waals surface area contributed by atoms with Gasteiger partial charge < -0.3 is 14.6 Å². The first-order valence-corrected chi connectivity index (χ1v) is 5.46. The van der Waals surface area contributed by atoms with E-state index in [0.29, 0.717) is 24.4 Å². The number of aromatic nitrogens is 2. The maximum atomic E-state index is 5.59. The summed E-state index contributed by atoms with van der Waals surface area (Å²) in [4.78, 5) is 4.11. The van der Waals surface area contributed by atoms with Crippen molar-refractivity contribution in [2.75, 3.05) is 13.2 Å². The lowest BCUT2D eigenvalue weighted by molar-refractivity contribution is 0.0164. The Morgan fingerprint density at radius 3 is 3.07 bits per heavy atom. The predicted octanol–water partition coefficient (Wildman–Crippen LogP) is 1.04. The van der Waals surface area contributed by atoms with Crippen LogP contribution in [-0.2, 0) is 11.3 Å². The molecule has 2 rings (SSSR count). The Labute approximate surface area is 89.2 Å². The van der Waals surface area contributed by atoms with Gasteiger partial charge in [-0.2, -0.15) is 4.98 Å². The minimum atomic E-state index is 0.350. The van der Waals surface area contributed by atoms with Crippen LogP contribution in [0, 0.1) is 6.92 Å². The largest absolute Gasteiger partial charge is 0.377 e. The van der Waals surface area contributed by atoms with E-state index in [1.807, 2.05) is 6.92 Å². The second kappa shape index (κ2) is 5.23. The highest BCUT2D eigenvalue weighted by atomic mass is 16.5. The van der Waals surface area contributed by atoms with Gasteiger partial charge in [-0.25, -0.2) is 0 Å². The molecule has 1 unspecified atom stereocenters. The first-order chi connectivity index (χ1) is 7.34. The lowest BCUT2D eigenvalue weighted by atomic mass is 10.1. The van der Waals surface area contributed by atoms with Gasteiger partial charge in [0.05, 0.1) is 12.6 Å². The number of rotatable bonds is 4. The molecule has 1 N–H and O–H groups in total. The Balaban J connectivity index is 1.65. The molecule has 2 heterocycles. The van der Waals surface area contributed by atoms with Crippen LogP contribution in [-0.4, -0.2) is 29.4 Å². The zero-order valence-corrected chi connectivity index (χ0v) is 9.03. The molecular formula is C10H17N3O2. The maximum absolute atomic E-state index is 5.59. The summed E-state index contributed by atoms with van der Waals surface area (Å²) in [5.41, 5.74) is 0. The van der Waals surface area contributed by atoms with E-state index in [0.717, 1.165) is 19.6 Å². The normalized spacial score (nSPS) is 21.8. The van der Waals surface area contributed by atoms with Gasteiger partial charge in [0.25, 0.3) is 0 Å². The van der Waals surface area contributed by atoms with Gasteiger partial charge in [0.2, 0.25) is 5.89 Å². The fraction of sp³-hybridized carbons (Fsp3) is 0.800. The van der Waals surface area contributed by atoms with Crippen molar-refractivity contribution in [3.8, 4) is 0 Å². The van der Waals surface area contributed by atoms with Crippen LogP contribution in [0.3, 0.4) is 0 Å². The minimum absolute atomic E-state index is 0.350. The summed E-state index contributed by atoms with van der Waals surface area (Å²) in [6.45, 7) is 4.20. The van der Waals surface area contributed by atoms with Crippen LogP contribution >= 0.6 is 0 Å². The number of hydrogen-bond acceptors (Lipinski definition) is 5. The third-order valence-electron chi connectivity index (χ3n) is 2.49. The summed E-state index contributed by atoms with van der Waals surface area (Å²) in [5, 5.41) is 6.99. The van der Waals surface area contributed by atoms with E-state index < -0.39 is 0 Å². The predicted molar refractivity (Wildman–Crippen MR) is 54.3 cm³/mol. The number of aryl methyl sites for hydroxylation is 1. The molecule has 1 aliphatic heterocycles. The Kier molecular flexibility index (Phi) is 3.69. The summed E-state index contributed by atoms with van der Waals surface area (Å²) < 4.78 is 10.6. The average Bonchev–Trinajstić information content (AvgIpc) is 2.66. The van der Waals surface area contributed by atoms with Crippen molar-refractivity contribution in [2.24, 2.45) is 0 Å². The maximum Gasteiger partial charge on any atom is 0.240 e. The van der Waals surface area contributed by atoms with Crippen LogP contribution in [0.15, 0.2) is 4.52 Å². The highest BCUT2D eigenvalue weighted by Gasteiger charge is 2.13. The lowest BCUT2D eigenvalue weighted by Crippen LogP contribution is -2.31. The molecule has 5 heteroatoms. The van der Waals surface area contributed by atoms with Gasteiger partial charge >= 0.3 is 0 Å². The third-order valence-corrected chi connectivity index (χ3v) is 2.49. The van der Waals surface area contributed by atoms with Crippen LogP contribution in [0.4, 0.5) is 0 Å². The Bertz CT molecular complexity index is 295. The standard InChI is InChI=1S/C10H17N3O2/c1-8-12-10(15-13-8)7-11-6-9-4-2-3-5-14-9/h9,11H,2-7H2,1H3. The van der Waals surface area contributed by atoms with E-state index in [9.17, 15) is 0 Å². The summed E-state index contributed by atoms with van der Waals surface area (Å²) in [6, 6.07) is 0. The zero-order valence-electron chi connectivity index (χ0n) is 9.03. The molecule has 1 aromatic rings. The number of hydrogen-bond donors (Lipinski definition) is 1. The van der Waals surface area contributed by atoms with Crippen molar-refractivity contribution in [3.05, 3.63) is 11.7 Å². The molecule has 1 atom stereocenters. The fourth-order valence-corrected chi connectivity index (χ4v) is 1.72. The molecule has 1 aromatic heterocycles. The lowest BCUT2D eigenvalue weighted by Gasteiger charge is -2.22. The van der Waals surface area contributed by atoms with Gasteiger partial charge in [-0.05, 0) is 26.2 Å². The molecule has 1 fully saturated rings. The molecule has 15 heavy (non-hydrogen) atoms. The smallest absolute Gasteiger partial charge is 0.240 e. The van der Waals surface area contributed by atoms with Crippen LogP contribution < -0.4 is 5.32 Å². The second-order valence-corrected chi connectivity index (χ2v) is 3.85. The monoisotopic (exact) mass is 211 g/mol. The van der Waals surface area contributed by atoms with Crippen molar-refractivity contribution in [1.29, 1.82) is 0 Å². The van der Waals surface area contributed by atoms with Crippen LogP contribution in [0.1, 0.15) is 31.0 Å². The average molecular weight is 211 g/mol. The van der Waals surface area contributed by atoms with Crippen molar-refractivity contribution in [3.63, 3.8) is 0 Å². The van der Waals surface area contributed by atoms with Crippen molar-refractivity contribution in [2.45, 2.75) is 38.8 Å². The SMILES string of the molecule is Cc1noc(CNCC2CCCCO2)n1. The van der Waals surface area contributed by atoms with Gasteiger partial charge in [-0.15, -0.1) is 0 Å². The zero-order chi connectivity index (χ0) is 10.5. The Hall–Kier alpha value is -0.940. The van der Waals surface area contributed by atoms with E-state index >= 15 is 0 Å². The summed E-state index contributed by atoms with van der Waals surface area (Å²) in [6.07, 6.45) is 3.96. The molecule has 5 nitrogen and oxygen atoms in total. The highest BCUT2D eigenvalue weighted by molar-refractivity contribution is 4.82. The van der Waals surface area contributed by atoms with Crippen LogP contribution in [0.2, 0.25) is 0 Å². The van der Waals surface area contributed by atoms with Gasteiger partial charge in [-0.1, -0.05) is 5.16 Å². The van der Waals surface area contributed by atoms with Crippen LogP contribution in [0.5, 0.6) is 0 Å². The summed E-state index contributed by atoms with van der Waals surface area (Å²) in [7, 11) is 0. The molecule has 0 amide bonds. The summed E-state index contributed by atoms with van der Waals surface area (Å²) >= 11 is 0. The number of ether oxygens (including phenoxy) is 1. The third kappa shape index (κ3) is 3.28. The van der Waals surface area contributed by atoms with E-state index in [1.165, 1.54) is 12.8 Å². The van der Waals surface area contributed by atoms with E-state index in [-0.39, 0.29) is 0 Å². The number of nitrogens with zero attached hydrogens (tertiary/aromatic N) is 2. The summed E-state index contributed by atoms with van der Waals surface area (Å²) in [5.74, 6) is 1.32. The number of nitrogens with one attached hydrogen (secondary N) is 1. The van der Waals surface area contributed by atoms with Crippen molar-refractivity contribution >= 4 is 0 Å². The first kappa shape index (κ1) is 10.6. The van der Waals surface area contributed by atoms with E-state index in [2.05, 4.69) is 15.5 Å². The molecular weight excluding hydrogens is 194 g/mol. The van der Waals surface area contributed by atoms with Crippen molar-refractivity contribution in [1.82, 2.24) is 15.5 Å². The molecule has 1 saturated heterocycles. The molecule has 0 bridgehead atoms. The second-order valence-electron chi connectivity index (χ2n) is 3.85. The van der Waals surface area contributed by atoms with Gasteiger partial charge in [0.15, 0.2) is 5.82 Å². The van der Waals surface area contributed by atoms with Crippen molar-refractivity contribution < 1.29 is 9.26 Å². The van der Waals surface area contributed by atoms with Gasteiger partial charge in [0, 0.05) is 13.2 Å². The molecule has 0 radical (unpaired) electrons. The van der Waals surface area contributed by atoms with Crippen LogP contribution in [0.25, 0.3) is 0 Å². The molecule has 0 aliphatic carbocycles. The molecule has 84 valence electrons. The molecule has 1 aliphatic rings. The Morgan fingerprint density at radius 2 is 2.40 bits per heavy atom. The quantitative estimate of drug-likeness (QED) is 0.806. The first-order valence-electron chi connectivity index (χ1n) is 5.46. The molecule has 0 aromatic carbocycles. The molecule has 0 saturated carbocycles. The molecule has 0 spiro atoms. The van der Waals surface area contributed by atoms with E-state index in [1.54, 1.807) is 0 Å². The topological polar surface area (TPSA) is 60.2 Å². The highest BCUT2D eigenvalue weighted by Crippen LogP contribution is 2.11. The van der Waals surface area contributed by atoms with Gasteiger partial charge in [-0.3, -0.25) is 0 Å². The minimum Gasteiger partial charge on any atom is -0.377 e.